The van der Waals surface area contributed by atoms with Crippen molar-refractivity contribution in [1.82, 2.24) is 9.97 Å². The molecule has 0 spiro atoms. The molecule has 1 saturated carbocycles. The molecule has 2 aliphatic rings. The molecule has 184 valence electrons. The lowest BCUT2D eigenvalue weighted by atomic mass is 9.99. The zero-order chi connectivity index (χ0) is 24.8. The van der Waals surface area contributed by atoms with Crippen molar-refractivity contribution in [3.05, 3.63) is 35.5 Å². The van der Waals surface area contributed by atoms with Crippen LogP contribution in [0.2, 0.25) is 0 Å². The number of rotatable bonds is 5. The summed E-state index contributed by atoms with van der Waals surface area (Å²) in [5.41, 5.74) is 1.46. The number of nitrogens with zero attached hydrogens (tertiary/aromatic N) is 4. The van der Waals surface area contributed by atoms with Gasteiger partial charge in [0.1, 0.15) is 11.7 Å². The minimum Gasteiger partial charge on any atom is -0.372 e. The van der Waals surface area contributed by atoms with Crippen LogP contribution in [-0.2, 0) is 11.0 Å². The molecule has 1 aliphatic heterocycles. The molecule has 2 heterocycles. The minimum absolute atomic E-state index is 0.0534. The fourth-order valence-electron chi connectivity index (χ4n) is 5.00. The SMILES string of the molecule is Cc1nc(N[C@H]2CCC(N(C)c3ccc(C(F)(F)F)cc3)C2)nc2c1NC(=O)[C@H](C(C)C)N2C. The number of carbonyl (C=O) groups is 1. The van der Waals surface area contributed by atoms with E-state index in [2.05, 4.69) is 15.6 Å². The van der Waals surface area contributed by atoms with Crippen molar-refractivity contribution in [1.29, 1.82) is 0 Å². The quantitative estimate of drug-likeness (QED) is 0.653. The monoisotopic (exact) mass is 476 g/mol. The Kier molecular flexibility index (Phi) is 6.35. The number of fused-ring (bicyclic) bond motifs is 1. The van der Waals surface area contributed by atoms with E-state index in [9.17, 15) is 18.0 Å². The largest absolute Gasteiger partial charge is 0.416 e. The third-order valence-corrected chi connectivity index (χ3v) is 6.86. The number of aromatic nitrogens is 2. The lowest BCUT2D eigenvalue weighted by Crippen LogP contribution is -2.49. The van der Waals surface area contributed by atoms with Gasteiger partial charge in [0.25, 0.3) is 0 Å². The predicted octanol–water partition coefficient (Wildman–Crippen LogP) is 4.69. The van der Waals surface area contributed by atoms with Crippen LogP contribution in [0.15, 0.2) is 24.3 Å². The lowest BCUT2D eigenvalue weighted by molar-refractivity contribution is -0.137. The third-order valence-electron chi connectivity index (χ3n) is 6.86. The molecule has 1 aromatic carbocycles. The van der Waals surface area contributed by atoms with Gasteiger partial charge in [-0.25, -0.2) is 4.98 Å². The van der Waals surface area contributed by atoms with Crippen molar-refractivity contribution < 1.29 is 18.0 Å². The topological polar surface area (TPSA) is 73.4 Å². The number of benzene rings is 1. The van der Waals surface area contributed by atoms with Gasteiger partial charge >= 0.3 is 6.18 Å². The zero-order valence-electron chi connectivity index (χ0n) is 20.1. The normalized spacial score (nSPS) is 22.6. The van der Waals surface area contributed by atoms with E-state index in [1.54, 1.807) is 0 Å². The van der Waals surface area contributed by atoms with Gasteiger partial charge < -0.3 is 20.4 Å². The number of amides is 1. The van der Waals surface area contributed by atoms with Crippen LogP contribution in [-0.4, -0.2) is 48.1 Å². The van der Waals surface area contributed by atoms with Crippen LogP contribution < -0.4 is 20.4 Å². The molecule has 1 fully saturated rings. The Balaban J connectivity index is 1.45. The number of anilines is 4. The molecule has 1 aliphatic carbocycles. The summed E-state index contributed by atoms with van der Waals surface area (Å²) in [5.74, 6) is 1.29. The Labute approximate surface area is 197 Å². The molecular weight excluding hydrogens is 445 g/mol. The Morgan fingerprint density at radius 2 is 1.85 bits per heavy atom. The second kappa shape index (κ2) is 8.96. The van der Waals surface area contributed by atoms with Gasteiger partial charge in [-0.2, -0.15) is 18.2 Å². The van der Waals surface area contributed by atoms with Gasteiger partial charge in [0.15, 0.2) is 5.82 Å². The maximum Gasteiger partial charge on any atom is 0.416 e. The zero-order valence-corrected chi connectivity index (χ0v) is 20.1. The summed E-state index contributed by atoms with van der Waals surface area (Å²) in [7, 11) is 3.79. The molecule has 0 bridgehead atoms. The van der Waals surface area contributed by atoms with E-state index in [0.29, 0.717) is 23.1 Å². The molecule has 2 N–H and O–H groups in total. The van der Waals surface area contributed by atoms with Crippen LogP contribution in [0.25, 0.3) is 0 Å². The number of hydrogen-bond acceptors (Lipinski definition) is 6. The molecule has 3 atom stereocenters. The van der Waals surface area contributed by atoms with E-state index >= 15 is 0 Å². The van der Waals surface area contributed by atoms with Gasteiger partial charge in [0.2, 0.25) is 11.9 Å². The first kappa shape index (κ1) is 24.1. The molecule has 1 aromatic heterocycles. The molecule has 1 amide bonds. The molecule has 2 aromatic rings. The number of hydrogen-bond donors (Lipinski definition) is 2. The highest BCUT2D eigenvalue weighted by Gasteiger charge is 2.36. The van der Waals surface area contributed by atoms with Crippen molar-refractivity contribution in [3.8, 4) is 0 Å². The van der Waals surface area contributed by atoms with Gasteiger partial charge in [-0.05, 0) is 56.4 Å². The molecule has 10 heteroatoms. The number of carbonyl (C=O) groups excluding carboxylic acids is 1. The highest BCUT2D eigenvalue weighted by atomic mass is 19.4. The molecule has 34 heavy (non-hydrogen) atoms. The lowest BCUT2D eigenvalue weighted by Gasteiger charge is -2.37. The smallest absolute Gasteiger partial charge is 0.372 e. The molecule has 7 nitrogen and oxygen atoms in total. The van der Waals surface area contributed by atoms with E-state index < -0.39 is 11.7 Å². The van der Waals surface area contributed by atoms with Crippen LogP contribution in [0, 0.1) is 12.8 Å². The highest BCUT2D eigenvalue weighted by Crippen LogP contribution is 2.36. The Hall–Kier alpha value is -3.04. The first-order valence-corrected chi connectivity index (χ1v) is 11.5. The first-order chi connectivity index (χ1) is 16.0. The minimum atomic E-state index is -4.33. The summed E-state index contributed by atoms with van der Waals surface area (Å²) in [6.45, 7) is 5.86. The van der Waals surface area contributed by atoms with E-state index in [4.69, 9.17) is 4.98 Å². The van der Waals surface area contributed by atoms with Crippen LogP contribution in [0.3, 0.4) is 0 Å². The Bertz CT molecular complexity index is 1060. The van der Waals surface area contributed by atoms with Crippen LogP contribution in [0.5, 0.6) is 0 Å². The van der Waals surface area contributed by atoms with Gasteiger partial charge in [-0.3, -0.25) is 4.79 Å². The second-order valence-corrected chi connectivity index (χ2v) is 9.58. The summed E-state index contributed by atoms with van der Waals surface area (Å²) < 4.78 is 38.6. The molecule has 0 radical (unpaired) electrons. The molecule has 4 rings (SSSR count). The summed E-state index contributed by atoms with van der Waals surface area (Å²) in [6.07, 6.45) is -1.71. The Morgan fingerprint density at radius 3 is 2.47 bits per heavy atom. The second-order valence-electron chi connectivity index (χ2n) is 9.58. The van der Waals surface area contributed by atoms with Crippen molar-refractivity contribution in [2.45, 2.75) is 64.3 Å². The summed E-state index contributed by atoms with van der Waals surface area (Å²) in [4.78, 5) is 25.8. The highest BCUT2D eigenvalue weighted by molar-refractivity contribution is 6.03. The van der Waals surface area contributed by atoms with Crippen molar-refractivity contribution in [3.63, 3.8) is 0 Å². The number of halogens is 3. The fourth-order valence-corrected chi connectivity index (χ4v) is 5.00. The number of likely N-dealkylation sites (N-methyl/N-ethyl adjacent to an activating group) is 1. The predicted molar refractivity (Wildman–Crippen MR) is 127 cm³/mol. The maximum absolute atomic E-state index is 12.9. The van der Waals surface area contributed by atoms with Crippen LogP contribution >= 0.6 is 0 Å². The van der Waals surface area contributed by atoms with Crippen molar-refractivity contribution >= 4 is 29.0 Å². The van der Waals surface area contributed by atoms with E-state index in [0.717, 1.165) is 37.1 Å². The molecule has 0 saturated heterocycles. The Morgan fingerprint density at radius 1 is 1.18 bits per heavy atom. The van der Waals surface area contributed by atoms with Crippen LogP contribution in [0.4, 0.5) is 36.3 Å². The first-order valence-electron chi connectivity index (χ1n) is 11.5. The molecule has 1 unspecified atom stereocenters. The van der Waals surface area contributed by atoms with Crippen molar-refractivity contribution in [2.24, 2.45) is 5.92 Å². The summed E-state index contributed by atoms with van der Waals surface area (Å²) >= 11 is 0. The van der Waals surface area contributed by atoms with Crippen molar-refractivity contribution in [2.75, 3.05) is 34.5 Å². The van der Waals surface area contributed by atoms with E-state index in [-0.39, 0.29) is 30.0 Å². The maximum atomic E-state index is 12.9. The number of aryl methyl sites for hydroxylation is 1. The summed E-state index contributed by atoms with van der Waals surface area (Å²) in [6, 6.07) is 5.33. The van der Waals surface area contributed by atoms with Gasteiger partial charge in [0, 0.05) is 31.9 Å². The van der Waals surface area contributed by atoms with E-state index in [1.807, 2.05) is 44.7 Å². The summed E-state index contributed by atoms with van der Waals surface area (Å²) in [5, 5.41) is 6.39. The number of nitrogens with one attached hydrogen (secondary N) is 2. The average Bonchev–Trinajstić information content (AvgIpc) is 3.22. The fraction of sp³-hybridized carbons (Fsp3) is 0.542. The third kappa shape index (κ3) is 4.63. The standard InChI is InChI=1S/C24H31F3N6O/c1-13(2)20-22(34)30-19-14(3)28-23(31-21(19)33(20)5)29-16-8-11-18(12-16)32(4)17-9-6-15(7-10-17)24(25,26)27/h6-7,9-10,13,16,18,20H,8,11-12H2,1-5H3,(H,30,34)(H,28,29,31)/t16-,18?,20-/m0/s1. The van der Waals surface area contributed by atoms with Gasteiger partial charge in [-0.1, -0.05) is 13.8 Å². The van der Waals surface area contributed by atoms with E-state index in [1.165, 1.54) is 12.1 Å². The molecular formula is C24H31F3N6O. The average molecular weight is 477 g/mol. The van der Waals surface area contributed by atoms with Gasteiger partial charge in [0.05, 0.1) is 11.3 Å². The number of alkyl halides is 3. The van der Waals surface area contributed by atoms with Crippen LogP contribution in [0.1, 0.15) is 44.4 Å². The van der Waals surface area contributed by atoms with Gasteiger partial charge in [-0.15, -0.1) is 0 Å².